The predicted molar refractivity (Wildman–Crippen MR) is 58.3 cm³/mol. The van der Waals surface area contributed by atoms with Crippen molar-refractivity contribution in [3.63, 3.8) is 0 Å². The maximum atomic E-state index is 10.9. The van der Waals surface area contributed by atoms with Crippen molar-refractivity contribution < 1.29 is 4.79 Å². The first-order valence-corrected chi connectivity index (χ1v) is 5.04. The quantitative estimate of drug-likeness (QED) is 0.741. The predicted octanol–water partition coefficient (Wildman–Crippen LogP) is 0.568. The second-order valence-corrected chi connectivity index (χ2v) is 3.29. The molecule has 1 rings (SSSR count). The smallest absolute Gasteiger partial charge is 0.237 e. The van der Waals surface area contributed by atoms with Gasteiger partial charge in [0.05, 0.1) is 6.54 Å². The Bertz CT molecular complexity index is 302. The molecule has 0 aliphatic heterocycles. The highest BCUT2D eigenvalue weighted by atomic mass is 16.1. The molecule has 0 unspecified atom stereocenters. The molecule has 0 spiro atoms. The molecule has 5 nitrogen and oxygen atoms in total. The number of primary amides is 1. The molecule has 0 atom stereocenters. The van der Waals surface area contributed by atoms with E-state index in [0.717, 1.165) is 19.4 Å². The molecule has 0 aromatic carbocycles. The van der Waals surface area contributed by atoms with Crippen molar-refractivity contribution in [1.29, 1.82) is 0 Å². The van der Waals surface area contributed by atoms with Crippen LogP contribution < -0.4 is 10.6 Å². The first-order valence-electron chi connectivity index (χ1n) is 5.04. The van der Waals surface area contributed by atoms with E-state index >= 15 is 0 Å². The van der Waals surface area contributed by atoms with Crippen LogP contribution in [-0.4, -0.2) is 29.0 Å². The van der Waals surface area contributed by atoms with Crippen molar-refractivity contribution in [3.8, 4) is 0 Å². The van der Waals surface area contributed by atoms with Crippen molar-refractivity contribution in [2.45, 2.75) is 19.8 Å². The van der Waals surface area contributed by atoms with E-state index in [1.807, 2.05) is 0 Å². The monoisotopic (exact) mass is 208 g/mol. The summed E-state index contributed by atoms with van der Waals surface area (Å²) >= 11 is 0. The third-order valence-electron chi connectivity index (χ3n) is 1.96. The zero-order valence-electron chi connectivity index (χ0n) is 8.89. The van der Waals surface area contributed by atoms with E-state index in [4.69, 9.17) is 5.73 Å². The first kappa shape index (κ1) is 11.4. The highest BCUT2D eigenvalue weighted by Gasteiger charge is 2.10. The second kappa shape index (κ2) is 5.95. The molecule has 0 radical (unpaired) electrons. The third kappa shape index (κ3) is 3.93. The fraction of sp³-hybridized carbons (Fsp3) is 0.500. The summed E-state index contributed by atoms with van der Waals surface area (Å²) in [6.45, 7) is 3.02. The van der Waals surface area contributed by atoms with E-state index < -0.39 is 0 Å². The summed E-state index contributed by atoms with van der Waals surface area (Å²) in [7, 11) is 0. The van der Waals surface area contributed by atoms with Gasteiger partial charge in [0.25, 0.3) is 0 Å². The van der Waals surface area contributed by atoms with Gasteiger partial charge in [-0.1, -0.05) is 13.3 Å². The maximum Gasteiger partial charge on any atom is 0.237 e. The summed E-state index contributed by atoms with van der Waals surface area (Å²) in [6.07, 6.45) is 5.36. The van der Waals surface area contributed by atoms with Crippen molar-refractivity contribution in [1.82, 2.24) is 9.97 Å². The lowest BCUT2D eigenvalue weighted by Gasteiger charge is -2.20. The van der Waals surface area contributed by atoms with E-state index in [9.17, 15) is 4.79 Å². The van der Waals surface area contributed by atoms with E-state index in [2.05, 4.69) is 16.9 Å². The molecule has 15 heavy (non-hydrogen) atoms. The fourth-order valence-corrected chi connectivity index (χ4v) is 1.24. The Balaban J connectivity index is 2.67. The topological polar surface area (TPSA) is 72.1 Å². The van der Waals surface area contributed by atoms with Crippen molar-refractivity contribution in [2.24, 2.45) is 5.73 Å². The number of unbranched alkanes of at least 4 members (excludes halogenated alkanes) is 1. The molecule has 82 valence electrons. The number of rotatable bonds is 6. The Morgan fingerprint density at radius 2 is 2.13 bits per heavy atom. The zero-order valence-corrected chi connectivity index (χ0v) is 8.89. The molecule has 1 amide bonds. The van der Waals surface area contributed by atoms with Crippen LogP contribution in [0.1, 0.15) is 19.8 Å². The molecule has 0 saturated carbocycles. The van der Waals surface area contributed by atoms with Crippen molar-refractivity contribution in [2.75, 3.05) is 18.0 Å². The molecular formula is C10H16N4O. The van der Waals surface area contributed by atoms with Crippen LogP contribution in [0.15, 0.2) is 18.5 Å². The van der Waals surface area contributed by atoms with Gasteiger partial charge in [0.15, 0.2) is 0 Å². The number of hydrogen-bond donors (Lipinski definition) is 1. The Morgan fingerprint density at radius 1 is 1.47 bits per heavy atom. The minimum Gasteiger partial charge on any atom is -0.368 e. The molecule has 0 aliphatic carbocycles. The lowest BCUT2D eigenvalue weighted by atomic mass is 10.3. The van der Waals surface area contributed by atoms with E-state index in [0.29, 0.717) is 5.95 Å². The molecule has 0 fully saturated rings. The van der Waals surface area contributed by atoms with Crippen molar-refractivity contribution >= 4 is 11.9 Å². The molecular weight excluding hydrogens is 192 g/mol. The maximum absolute atomic E-state index is 10.9. The van der Waals surface area contributed by atoms with Gasteiger partial charge in [0.2, 0.25) is 11.9 Å². The van der Waals surface area contributed by atoms with Crippen LogP contribution in [0.2, 0.25) is 0 Å². The SMILES string of the molecule is CCCCN(CC(N)=O)c1ncccn1. The van der Waals surface area contributed by atoms with Crippen LogP contribution in [0.3, 0.4) is 0 Å². The largest absolute Gasteiger partial charge is 0.368 e. The van der Waals surface area contributed by atoms with Crippen LogP contribution in [0.4, 0.5) is 5.95 Å². The van der Waals surface area contributed by atoms with Gasteiger partial charge < -0.3 is 10.6 Å². The summed E-state index contributed by atoms with van der Waals surface area (Å²) in [4.78, 5) is 20.9. The number of nitrogens with zero attached hydrogens (tertiary/aromatic N) is 3. The second-order valence-electron chi connectivity index (χ2n) is 3.29. The van der Waals surface area contributed by atoms with Crippen LogP contribution >= 0.6 is 0 Å². The standard InChI is InChI=1S/C10H16N4O/c1-2-3-7-14(8-9(11)15)10-12-5-4-6-13-10/h4-6H,2-3,7-8H2,1H3,(H2,11,15). The van der Waals surface area contributed by atoms with Gasteiger partial charge in [0, 0.05) is 18.9 Å². The van der Waals surface area contributed by atoms with Crippen molar-refractivity contribution in [3.05, 3.63) is 18.5 Å². The number of amides is 1. The number of hydrogen-bond acceptors (Lipinski definition) is 4. The Kier molecular flexibility index (Phi) is 4.53. The van der Waals surface area contributed by atoms with Gasteiger partial charge in [-0.2, -0.15) is 0 Å². The minimum absolute atomic E-state index is 0.171. The summed E-state index contributed by atoms with van der Waals surface area (Å²) in [5.74, 6) is 0.198. The molecule has 1 aromatic rings. The Labute approximate surface area is 89.3 Å². The molecule has 0 bridgehead atoms. The summed E-state index contributed by atoms with van der Waals surface area (Å²) in [5, 5.41) is 0. The zero-order chi connectivity index (χ0) is 11.1. The summed E-state index contributed by atoms with van der Waals surface area (Å²) < 4.78 is 0. The lowest BCUT2D eigenvalue weighted by molar-refractivity contribution is -0.116. The molecule has 0 saturated heterocycles. The van der Waals surface area contributed by atoms with E-state index in [1.165, 1.54) is 0 Å². The van der Waals surface area contributed by atoms with Crippen LogP contribution in [-0.2, 0) is 4.79 Å². The summed E-state index contributed by atoms with van der Waals surface area (Å²) in [6, 6.07) is 1.74. The van der Waals surface area contributed by atoms with Gasteiger partial charge in [0.1, 0.15) is 0 Å². The van der Waals surface area contributed by atoms with E-state index in [1.54, 1.807) is 23.4 Å². The molecule has 1 aromatic heterocycles. The van der Waals surface area contributed by atoms with Gasteiger partial charge in [-0.3, -0.25) is 4.79 Å². The summed E-state index contributed by atoms with van der Waals surface area (Å²) in [5.41, 5.74) is 5.17. The molecule has 2 N–H and O–H groups in total. The molecule has 5 heteroatoms. The number of nitrogens with two attached hydrogens (primary N) is 1. The average Bonchev–Trinajstić information content (AvgIpc) is 2.25. The fourth-order valence-electron chi connectivity index (χ4n) is 1.24. The van der Waals surface area contributed by atoms with Gasteiger partial charge in [-0.15, -0.1) is 0 Å². The Morgan fingerprint density at radius 3 is 2.67 bits per heavy atom. The normalized spacial score (nSPS) is 9.93. The minimum atomic E-state index is -0.362. The highest BCUT2D eigenvalue weighted by molar-refractivity contribution is 5.78. The highest BCUT2D eigenvalue weighted by Crippen LogP contribution is 2.05. The van der Waals surface area contributed by atoms with E-state index in [-0.39, 0.29) is 12.5 Å². The van der Waals surface area contributed by atoms with Crippen LogP contribution in [0.5, 0.6) is 0 Å². The number of anilines is 1. The van der Waals surface area contributed by atoms with Gasteiger partial charge in [-0.25, -0.2) is 9.97 Å². The number of carbonyl (C=O) groups excluding carboxylic acids is 1. The first-order chi connectivity index (χ1) is 7.24. The molecule has 1 heterocycles. The van der Waals surface area contributed by atoms with Gasteiger partial charge >= 0.3 is 0 Å². The van der Waals surface area contributed by atoms with Crippen LogP contribution in [0, 0.1) is 0 Å². The molecule has 0 aliphatic rings. The Hall–Kier alpha value is -1.65. The number of carbonyl (C=O) groups is 1. The van der Waals surface area contributed by atoms with Crippen LogP contribution in [0.25, 0.3) is 0 Å². The average molecular weight is 208 g/mol. The lowest BCUT2D eigenvalue weighted by Crippen LogP contribution is -2.35. The third-order valence-corrected chi connectivity index (χ3v) is 1.96. The number of aromatic nitrogens is 2. The van der Waals surface area contributed by atoms with Gasteiger partial charge in [-0.05, 0) is 12.5 Å².